The number of hydrogen-bond acceptors (Lipinski definition) is 4. The lowest BCUT2D eigenvalue weighted by Crippen LogP contribution is -2.37. The second kappa shape index (κ2) is 2.96. The molecule has 0 aromatic heterocycles. The second-order valence-corrected chi connectivity index (χ2v) is 3.64. The fraction of sp³-hybridized carbons (Fsp3) is 1.00. The van der Waals surface area contributed by atoms with E-state index in [-0.39, 0.29) is 12.4 Å². The molecule has 4 nitrogen and oxygen atoms in total. The van der Waals surface area contributed by atoms with Crippen LogP contribution >= 0.6 is 0 Å². The first-order valence-electron chi connectivity index (χ1n) is 4.39. The van der Waals surface area contributed by atoms with E-state index in [0.717, 1.165) is 6.42 Å². The van der Waals surface area contributed by atoms with E-state index >= 15 is 0 Å². The number of rotatable bonds is 2. The summed E-state index contributed by atoms with van der Waals surface area (Å²) in [4.78, 5) is 0. The van der Waals surface area contributed by atoms with E-state index in [0.29, 0.717) is 12.1 Å². The van der Waals surface area contributed by atoms with E-state index in [4.69, 9.17) is 9.47 Å². The molecule has 2 rings (SSSR count). The standard InChI is InChI=1S/C8H16N2O2/c1-5-4-6(9-10(5)2)7-8(11-3)12-7/h5-9H,4H2,1-3H3. The Hall–Kier alpha value is -0.160. The lowest BCUT2D eigenvalue weighted by molar-refractivity contribution is 0.0950. The maximum Gasteiger partial charge on any atom is 0.185 e. The van der Waals surface area contributed by atoms with Gasteiger partial charge in [0.25, 0.3) is 0 Å². The molecular weight excluding hydrogens is 156 g/mol. The number of nitrogens with one attached hydrogen (secondary N) is 1. The maximum atomic E-state index is 5.34. The molecule has 0 radical (unpaired) electrons. The Bertz CT molecular complexity index is 166. The van der Waals surface area contributed by atoms with Gasteiger partial charge in [-0.25, -0.2) is 10.4 Å². The summed E-state index contributed by atoms with van der Waals surface area (Å²) in [6, 6.07) is 1.03. The van der Waals surface area contributed by atoms with Crippen molar-refractivity contribution in [3.05, 3.63) is 0 Å². The number of methoxy groups -OCH3 is 1. The summed E-state index contributed by atoms with van der Waals surface area (Å²) in [5.41, 5.74) is 3.36. The first-order valence-corrected chi connectivity index (χ1v) is 4.39. The number of hydrazine groups is 1. The van der Waals surface area contributed by atoms with E-state index < -0.39 is 0 Å². The van der Waals surface area contributed by atoms with Crippen molar-refractivity contribution in [1.29, 1.82) is 0 Å². The molecule has 4 atom stereocenters. The average molecular weight is 172 g/mol. The van der Waals surface area contributed by atoms with Gasteiger partial charge in [-0.2, -0.15) is 0 Å². The lowest BCUT2D eigenvalue weighted by atomic mass is 10.1. The van der Waals surface area contributed by atoms with Gasteiger partial charge in [0.05, 0.1) is 6.04 Å². The highest BCUT2D eigenvalue weighted by atomic mass is 16.8. The van der Waals surface area contributed by atoms with Gasteiger partial charge in [-0.3, -0.25) is 0 Å². The summed E-state index contributed by atoms with van der Waals surface area (Å²) in [7, 11) is 3.75. The Morgan fingerprint density at radius 2 is 2.33 bits per heavy atom. The highest BCUT2D eigenvalue weighted by Gasteiger charge is 2.48. The molecule has 0 spiro atoms. The summed E-state index contributed by atoms with van der Waals surface area (Å²) in [5.74, 6) is 0. The van der Waals surface area contributed by atoms with Gasteiger partial charge in [-0.1, -0.05) is 0 Å². The van der Waals surface area contributed by atoms with Gasteiger partial charge in [0.1, 0.15) is 6.10 Å². The summed E-state index contributed by atoms with van der Waals surface area (Å²) in [6.07, 6.45) is 1.43. The average Bonchev–Trinajstić information content (AvgIpc) is 2.75. The van der Waals surface area contributed by atoms with Gasteiger partial charge in [-0.05, 0) is 13.3 Å². The number of epoxide rings is 1. The molecule has 1 N–H and O–H groups in total. The van der Waals surface area contributed by atoms with Gasteiger partial charge in [0.2, 0.25) is 0 Å². The first kappa shape index (κ1) is 8.44. The SMILES string of the molecule is COC1OC1C1CC(C)N(C)N1. The molecule has 2 fully saturated rings. The molecule has 70 valence electrons. The molecule has 4 unspecified atom stereocenters. The quantitative estimate of drug-likeness (QED) is 0.593. The maximum absolute atomic E-state index is 5.34. The van der Waals surface area contributed by atoms with Crippen molar-refractivity contribution in [3.63, 3.8) is 0 Å². The Labute approximate surface area is 72.8 Å². The molecule has 0 aromatic carbocycles. The fourth-order valence-electron chi connectivity index (χ4n) is 1.76. The van der Waals surface area contributed by atoms with Crippen LogP contribution in [-0.2, 0) is 9.47 Å². The van der Waals surface area contributed by atoms with Gasteiger partial charge in [0.15, 0.2) is 6.29 Å². The van der Waals surface area contributed by atoms with Gasteiger partial charge in [0, 0.05) is 20.2 Å². The minimum atomic E-state index is 0.0289. The number of ether oxygens (including phenoxy) is 2. The first-order chi connectivity index (χ1) is 5.72. The van der Waals surface area contributed by atoms with Crippen LogP contribution in [0.3, 0.4) is 0 Å². The number of nitrogens with zero attached hydrogens (tertiary/aromatic N) is 1. The normalized spacial score (nSPS) is 48.2. The van der Waals surface area contributed by atoms with Crippen LogP contribution in [0.5, 0.6) is 0 Å². The smallest absolute Gasteiger partial charge is 0.185 e. The van der Waals surface area contributed by atoms with E-state index in [1.54, 1.807) is 7.11 Å². The topological polar surface area (TPSA) is 37.0 Å². The monoisotopic (exact) mass is 172 g/mol. The molecule has 2 heterocycles. The molecule has 0 saturated carbocycles. The Morgan fingerprint density at radius 3 is 2.75 bits per heavy atom. The summed E-state index contributed by atoms with van der Waals surface area (Å²) in [6.45, 7) is 2.21. The molecule has 12 heavy (non-hydrogen) atoms. The van der Waals surface area contributed by atoms with Crippen LogP contribution in [0.4, 0.5) is 0 Å². The minimum absolute atomic E-state index is 0.0289. The van der Waals surface area contributed by atoms with Crippen molar-refractivity contribution >= 4 is 0 Å². The zero-order valence-corrected chi connectivity index (χ0v) is 7.78. The van der Waals surface area contributed by atoms with Gasteiger partial charge in [-0.15, -0.1) is 0 Å². The lowest BCUT2D eigenvalue weighted by Gasteiger charge is -2.13. The highest BCUT2D eigenvalue weighted by molar-refractivity contribution is 4.94. The van der Waals surface area contributed by atoms with Crippen LogP contribution in [0.2, 0.25) is 0 Å². The second-order valence-electron chi connectivity index (χ2n) is 3.64. The van der Waals surface area contributed by atoms with E-state index in [1.807, 2.05) is 0 Å². The van der Waals surface area contributed by atoms with Crippen molar-refractivity contribution in [1.82, 2.24) is 10.4 Å². The predicted molar refractivity (Wildman–Crippen MR) is 44.4 cm³/mol. The summed E-state index contributed by atoms with van der Waals surface area (Å²) in [5, 5.41) is 2.14. The molecule has 0 aliphatic carbocycles. The van der Waals surface area contributed by atoms with Crippen molar-refractivity contribution in [2.45, 2.75) is 37.8 Å². The van der Waals surface area contributed by atoms with E-state index in [2.05, 4.69) is 24.4 Å². The van der Waals surface area contributed by atoms with Crippen LogP contribution < -0.4 is 5.43 Å². The van der Waals surface area contributed by atoms with Crippen LogP contribution in [0.15, 0.2) is 0 Å². The third-order valence-electron chi connectivity index (χ3n) is 2.74. The van der Waals surface area contributed by atoms with Crippen molar-refractivity contribution in [3.8, 4) is 0 Å². The van der Waals surface area contributed by atoms with Crippen molar-refractivity contribution in [2.24, 2.45) is 0 Å². The predicted octanol–water partition coefficient (Wildman–Crippen LogP) is -0.0451. The fourth-order valence-corrected chi connectivity index (χ4v) is 1.76. The molecular formula is C8H16N2O2. The third-order valence-corrected chi connectivity index (χ3v) is 2.74. The Morgan fingerprint density at radius 1 is 1.58 bits per heavy atom. The highest BCUT2D eigenvalue weighted by Crippen LogP contribution is 2.30. The van der Waals surface area contributed by atoms with Gasteiger partial charge < -0.3 is 9.47 Å². The third kappa shape index (κ3) is 1.35. The van der Waals surface area contributed by atoms with E-state index in [1.165, 1.54) is 0 Å². The van der Waals surface area contributed by atoms with Gasteiger partial charge >= 0.3 is 0 Å². The zero-order chi connectivity index (χ0) is 8.72. The molecule has 0 bridgehead atoms. The minimum Gasteiger partial charge on any atom is -0.353 e. The Kier molecular flexibility index (Phi) is 2.08. The van der Waals surface area contributed by atoms with Crippen LogP contribution in [0, 0.1) is 0 Å². The molecule has 0 aromatic rings. The largest absolute Gasteiger partial charge is 0.353 e. The molecule has 4 heteroatoms. The molecule has 2 saturated heterocycles. The summed E-state index contributed by atoms with van der Waals surface area (Å²) >= 11 is 0. The zero-order valence-electron chi connectivity index (χ0n) is 7.78. The molecule has 2 aliphatic heterocycles. The van der Waals surface area contributed by atoms with Crippen molar-refractivity contribution in [2.75, 3.05) is 14.2 Å². The van der Waals surface area contributed by atoms with Crippen molar-refractivity contribution < 1.29 is 9.47 Å². The van der Waals surface area contributed by atoms with E-state index in [9.17, 15) is 0 Å². The number of hydrogen-bond donors (Lipinski definition) is 1. The van der Waals surface area contributed by atoms with Crippen LogP contribution in [-0.4, -0.2) is 43.6 Å². The summed E-state index contributed by atoms with van der Waals surface area (Å²) < 4.78 is 10.4. The molecule has 0 amide bonds. The Balaban J connectivity index is 1.84. The van der Waals surface area contributed by atoms with Crippen LogP contribution in [0.1, 0.15) is 13.3 Å². The molecule has 2 aliphatic rings. The van der Waals surface area contributed by atoms with Crippen LogP contribution in [0.25, 0.3) is 0 Å².